The molecule has 1 aromatic carbocycles. The molecule has 0 spiro atoms. The SMILES string of the molecule is CC(NC(=O)C1CC(c2cccnc2)NN1)c1nc2ccccc2n1C. The van der Waals surface area contributed by atoms with E-state index >= 15 is 0 Å². The first-order chi connectivity index (χ1) is 12.6. The Morgan fingerprint density at radius 2 is 2.12 bits per heavy atom. The number of rotatable bonds is 4. The highest BCUT2D eigenvalue weighted by Crippen LogP contribution is 2.23. The number of aromatic nitrogens is 3. The van der Waals surface area contributed by atoms with Crippen molar-refractivity contribution >= 4 is 16.9 Å². The van der Waals surface area contributed by atoms with Crippen molar-refractivity contribution in [3.05, 3.63) is 60.2 Å². The van der Waals surface area contributed by atoms with Gasteiger partial charge in [-0.1, -0.05) is 18.2 Å². The van der Waals surface area contributed by atoms with Gasteiger partial charge in [-0.15, -0.1) is 0 Å². The molecule has 2 aromatic heterocycles. The van der Waals surface area contributed by atoms with Gasteiger partial charge in [-0.3, -0.25) is 9.78 Å². The summed E-state index contributed by atoms with van der Waals surface area (Å²) in [6.07, 6.45) is 4.24. The quantitative estimate of drug-likeness (QED) is 0.668. The first kappa shape index (κ1) is 16.7. The van der Waals surface area contributed by atoms with Crippen LogP contribution in [0.25, 0.3) is 11.0 Å². The summed E-state index contributed by atoms with van der Waals surface area (Å²) in [5.41, 5.74) is 9.32. The smallest absolute Gasteiger partial charge is 0.239 e. The van der Waals surface area contributed by atoms with E-state index in [0.717, 1.165) is 22.4 Å². The molecule has 4 rings (SSSR count). The monoisotopic (exact) mass is 350 g/mol. The molecule has 3 aromatic rings. The third kappa shape index (κ3) is 3.07. The van der Waals surface area contributed by atoms with E-state index in [0.29, 0.717) is 6.42 Å². The molecule has 26 heavy (non-hydrogen) atoms. The number of pyridine rings is 1. The van der Waals surface area contributed by atoms with E-state index < -0.39 is 0 Å². The summed E-state index contributed by atoms with van der Waals surface area (Å²) >= 11 is 0. The van der Waals surface area contributed by atoms with E-state index in [1.807, 2.05) is 61.1 Å². The summed E-state index contributed by atoms with van der Waals surface area (Å²) in [6, 6.07) is 11.5. The van der Waals surface area contributed by atoms with Crippen LogP contribution in [0.1, 0.15) is 36.8 Å². The number of fused-ring (bicyclic) bond motifs is 1. The first-order valence-electron chi connectivity index (χ1n) is 8.76. The maximum Gasteiger partial charge on any atom is 0.239 e. The van der Waals surface area contributed by atoms with Crippen molar-refractivity contribution in [2.45, 2.75) is 31.5 Å². The number of imidazole rings is 1. The molecular weight excluding hydrogens is 328 g/mol. The zero-order valence-electron chi connectivity index (χ0n) is 14.8. The molecule has 1 fully saturated rings. The van der Waals surface area contributed by atoms with Gasteiger partial charge in [0.2, 0.25) is 5.91 Å². The van der Waals surface area contributed by atoms with Crippen molar-refractivity contribution < 1.29 is 4.79 Å². The highest BCUT2D eigenvalue weighted by Gasteiger charge is 2.31. The second-order valence-corrected chi connectivity index (χ2v) is 6.66. The van der Waals surface area contributed by atoms with Gasteiger partial charge < -0.3 is 9.88 Å². The van der Waals surface area contributed by atoms with E-state index in [2.05, 4.69) is 26.1 Å². The van der Waals surface area contributed by atoms with Crippen molar-refractivity contribution in [2.24, 2.45) is 7.05 Å². The Hall–Kier alpha value is -2.77. The third-order valence-electron chi connectivity index (χ3n) is 4.87. The van der Waals surface area contributed by atoms with Crippen molar-refractivity contribution in [1.82, 2.24) is 30.7 Å². The highest BCUT2D eigenvalue weighted by atomic mass is 16.2. The van der Waals surface area contributed by atoms with Gasteiger partial charge in [0.1, 0.15) is 11.9 Å². The molecule has 0 aliphatic carbocycles. The Morgan fingerprint density at radius 3 is 2.88 bits per heavy atom. The number of carbonyl (C=O) groups is 1. The lowest BCUT2D eigenvalue weighted by Gasteiger charge is -2.17. The molecule has 1 aliphatic heterocycles. The number of hydrogen-bond acceptors (Lipinski definition) is 5. The Bertz CT molecular complexity index is 922. The molecule has 1 saturated heterocycles. The van der Waals surface area contributed by atoms with E-state index in [4.69, 9.17) is 0 Å². The number of para-hydroxylation sites is 2. The predicted molar refractivity (Wildman–Crippen MR) is 98.9 cm³/mol. The van der Waals surface area contributed by atoms with Crippen LogP contribution in [-0.4, -0.2) is 26.5 Å². The minimum atomic E-state index is -0.294. The fraction of sp³-hybridized carbons (Fsp3) is 0.316. The molecule has 134 valence electrons. The molecule has 7 heteroatoms. The number of benzene rings is 1. The first-order valence-corrected chi connectivity index (χ1v) is 8.76. The maximum absolute atomic E-state index is 12.7. The van der Waals surface area contributed by atoms with Crippen LogP contribution >= 0.6 is 0 Å². The van der Waals surface area contributed by atoms with E-state index in [1.165, 1.54) is 0 Å². The Balaban J connectivity index is 1.44. The van der Waals surface area contributed by atoms with Gasteiger partial charge in [0.15, 0.2) is 0 Å². The number of amides is 1. The van der Waals surface area contributed by atoms with Gasteiger partial charge in [0.25, 0.3) is 0 Å². The zero-order chi connectivity index (χ0) is 18.1. The maximum atomic E-state index is 12.7. The molecular formula is C19H22N6O. The van der Waals surface area contributed by atoms with Gasteiger partial charge in [-0.05, 0) is 37.1 Å². The van der Waals surface area contributed by atoms with E-state index in [-0.39, 0.29) is 24.0 Å². The van der Waals surface area contributed by atoms with Gasteiger partial charge in [-0.25, -0.2) is 15.8 Å². The topological polar surface area (TPSA) is 83.9 Å². The summed E-state index contributed by atoms with van der Waals surface area (Å²) in [5.74, 6) is 0.803. The second kappa shape index (κ2) is 6.86. The second-order valence-electron chi connectivity index (χ2n) is 6.66. The molecule has 1 amide bonds. The summed E-state index contributed by atoms with van der Waals surface area (Å²) < 4.78 is 2.03. The van der Waals surface area contributed by atoms with Crippen LogP contribution < -0.4 is 16.2 Å². The molecule has 3 heterocycles. The lowest BCUT2D eigenvalue weighted by molar-refractivity contribution is -0.123. The van der Waals surface area contributed by atoms with Crippen molar-refractivity contribution in [1.29, 1.82) is 0 Å². The zero-order valence-corrected chi connectivity index (χ0v) is 14.8. The van der Waals surface area contributed by atoms with Crippen molar-refractivity contribution in [2.75, 3.05) is 0 Å². The lowest BCUT2D eigenvalue weighted by Crippen LogP contribution is -2.44. The van der Waals surface area contributed by atoms with Crippen LogP contribution in [0.5, 0.6) is 0 Å². The average Bonchev–Trinajstić information content (AvgIpc) is 3.28. The number of hydrogen-bond donors (Lipinski definition) is 3. The number of hydrazine groups is 1. The Labute approximate surface area is 151 Å². The summed E-state index contributed by atoms with van der Waals surface area (Å²) in [4.78, 5) is 21.5. The fourth-order valence-electron chi connectivity index (χ4n) is 3.46. The molecule has 1 aliphatic rings. The van der Waals surface area contributed by atoms with Gasteiger partial charge >= 0.3 is 0 Å². The molecule has 3 N–H and O–H groups in total. The lowest BCUT2D eigenvalue weighted by atomic mass is 10.0. The van der Waals surface area contributed by atoms with E-state index in [1.54, 1.807) is 6.20 Å². The van der Waals surface area contributed by atoms with Crippen molar-refractivity contribution in [3.63, 3.8) is 0 Å². The molecule has 0 radical (unpaired) electrons. The standard InChI is InChI=1S/C19H22N6O/c1-12(18-22-14-7-3-4-8-17(14)25(18)2)21-19(26)16-10-15(23-24-16)13-6-5-9-20-11-13/h3-9,11-12,15-16,23-24H,10H2,1-2H3,(H,21,26). The number of nitrogens with one attached hydrogen (secondary N) is 3. The molecule has 7 nitrogen and oxygen atoms in total. The molecule has 0 bridgehead atoms. The van der Waals surface area contributed by atoms with Crippen LogP contribution in [0, 0.1) is 0 Å². The normalized spacial score (nSPS) is 21.0. The number of nitrogens with zero attached hydrogens (tertiary/aromatic N) is 3. The minimum Gasteiger partial charge on any atom is -0.345 e. The fourth-order valence-corrected chi connectivity index (χ4v) is 3.46. The van der Waals surface area contributed by atoms with Gasteiger partial charge in [0, 0.05) is 25.5 Å². The van der Waals surface area contributed by atoms with Crippen LogP contribution in [-0.2, 0) is 11.8 Å². The van der Waals surface area contributed by atoms with Crippen molar-refractivity contribution in [3.8, 4) is 0 Å². The number of carbonyl (C=O) groups excluding carboxylic acids is 1. The number of aryl methyl sites for hydroxylation is 1. The summed E-state index contributed by atoms with van der Waals surface area (Å²) in [7, 11) is 1.97. The average molecular weight is 350 g/mol. The van der Waals surface area contributed by atoms with Crippen LogP contribution in [0.15, 0.2) is 48.8 Å². The highest BCUT2D eigenvalue weighted by molar-refractivity contribution is 5.82. The van der Waals surface area contributed by atoms with Gasteiger partial charge in [-0.2, -0.15) is 0 Å². The van der Waals surface area contributed by atoms with Crippen LogP contribution in [0.4, 0.5) is 0 Å². The minimum absolute atomic E-state index is 0.0385. The summed E-state index contributed by atoms with van der Waals surface area (Å²) in [6.45, 7) is 1.96. The third-order valence-corrected chi connectivity index (χ3v) is 4.87. The Kier molecular flexibility index (Phi) is 4.40. The molecule has 3 unspecified atom stereocenters. The Morgan fingerprint density at radius 1 is 1.27 bits per heavy atom. The molecule has 3 atom stereocenters. The van der Waals surface area contributed by atoms with Gasteiger partial charge in [0.05, 0.1) is 17.1 Å². The van der Waals surface area contributed by atoms with Crippen LogP contribution in [0.2, 0.25) is 0 Å². The largest absolute Gasteiger partial charge is 0.345 e. The predicted octanol–water partition coefficient (Wildman–Crippen LogP) is 1.75. The van der Waals surface area contributed by atoms with Crippen LogP contribution in [0.3, 0.4) is 0 Å². The summed E-state index contributed by atoms with van der Waals surface area (Å²) in [5, 5.41) is 3.07. The molecule has 0 saturated carbocycles. The van der Waals surface area contributed by atoms with E-state index in [9.17, 15) is 4.79 Å².